The van der Waals surface area contributed by atoms with Crippen molar-refractivity contribution in [2.45, 2.75) is 38.6 Å². The highest BCUT2D eigenvalue weighted by molar-refractivity contribution is 5.85. The molecule has 1 aliphatic heterocycles. The summed E-state index contributed by atoms with van der Waals surface area (Å²) in [6.07, 6.45) is 5.14. The Bertz CT molecular complexity index is 387. The van der Waals surface area contributed by atoms with Gasteiger partial charge >= 0.3 is 0 Å². The first-order valence-electron chi connectivity index (χ1n) is 7.42. The maximum Gasteiger partial charge on any atom is 0.121 e. The predicted octanol–water partition coefficient (Wildman–Crippen LogP) is 3.43. The van der Waals surface area contributed by atoms with Crippen LogP contribution < -0.4 is 5.32 Å². The summed E-state index contributed by atoms with van der Waals surface area (Å²) in [6, 6.07) is 4.90. The molecule has 1 aliphatic carbocycles. The molecule has 1 saturated carbocycles. The Hall–Kier alpha value is -0.220. The zero-order valence-corrected chi connectivity index (χ0v) is 13.8. The summed E-state index contributed by atoms with van der Waals surface area (Å²) in [5, 5.41) is 3.44. The second kappa shape index (κ2) is 8.28. The highest BCUT2D eigenvalue weighted by Crippen LogP contribution is 2.41. The number of halogens is 2. The molecule has 20 heavy (non-hydrogen) atoms. The van der Waals surface area contributed by atoms with Crippen LogP contribution in [0, 0.1) is 5.92 Å². The number of rotatable bonds is 4. The third kappa shape index (κ3) is 3.70. The van der Waals surface area contributed by atoms with Crippen LogP contribution in [0.4, 0.5) is 0 Å². The minimum absolute atomic E-state index is 0. The van der Waals surface area contributed by atoms with Crippen molar-refractivity contribution < 1.29 is 4.42 Å². The molecule has 0 aromatic carbocycles. The summed E-state index contributed by atoms with van der Waals surface area (Å²) in [4.78, 5) is 2.62. The van der Waals surface area contributed by atoms with Crippen LogP contribution >= 0.6 is 24.8 Å². The first-order valence-corrected chi connectivity index (χ1v) is 7.42. The van der Waals surface area contributed by atoms with Gasteiger partial charge in [-0.25, -0.2) is 0 Å². The average molecular weight is 321 g/mol. The van der Waals surface area contributed by atoms with E-state index in [0.717, 1.165) is 44.3 Å². The molecule has 0 radical (unpaired) electrons. The lowest BCUT2D eigenvalue weighted by Crippen LogP contribution is -2.47. The Balaban J connectivity index is 0.000001000. The molecule has 2 fully saturated rings. The second-order valence-corrected chi connectivity index (χ2v) is 5.58. The molecule has 0 amide bonds. The molecule has 0 unspecified atom stereocenters. The Labute approximate surface area is 134 Å². The highest BCUT2D eigenvalue weighted by Gasteiger charge is 2.35. The fraction of sp³-hybridized carbons (Fsp3) is 0.733. The Morgan fingerprint density at radius 1 is 1.25 bits per heavy atom. The van der Waals surface area contributed by atoms with Crippen molar-refractivity contribution in [3.8, 4) is 0 Å². The third-order valence-corrected chi connectivity index (χ3v) is 4.46. The predicted molar refractivity (Wildman–Crippen MR) is 87.1 cm³/mol. The van der Waals surface area contributed by atoms with Gasteiger partial charge in [0.05, 0.1) is 6.04 Å². The van der Waals surface area contributed by atoms with E-state index in [-0.39, 0.29) is 24.8 Å². The van der Waals surface area contributed by atoms with E-state index < -0.39 is 0 Å². The van der Waals surface area contributed by atoms with Crippen molar-refractivity contribution in [2.75, 3.05) is 26.2 Å². The first kappa shape index (κ1) is 17.8. The lowest BCUT2D eigenvalue weighted by molar-refractivity contribution is 0.0677. The SMILES string of the molecule is CCc1ccc([C@@H](C2CCC2)N2CCNCC2)o1.Cl.Cl. The number of hydrogen-bond acceptors (Lipinski definition) is 3. The van der Waals surface area contributed by atoms with Crippen molar-refractivity contribution in [1.82, 2.24) is 10.2 Å². The van der Waals surface area contributed by atoms with Crippen LogP contribution in [-0.2, 0) is 6.42 Å². The summed E-state index contributed by atoms with van der Waals surface area (Å²) in [6.45, 7) is 6.70. The summed E-state index contributed by atoms with van der Waals surface area (Å²) in [5.41, 5.74) is 0. The molecule has 0 spiro atoms. The smallest absolute Gasteiger partial charge is 0.121 e. The normalized spacial score (nSPS) is 21.4. The van der Waals surface area contributed by atoms with E-state index in [1.54, 1.807) is 0 Å². The molecular weight excluding hydrogens is 295 g/mol. The number of aryl methyl sites for hydroxylation is 1. The monoisotopic (exact) mass is 320 g/mol. The van der Waals surface area contributed by atoms with Gasteiger partial charge in [0.15, 0.2) is 0 Å². The minimum Gasteiger partial charge on any atom is -0.464 e. The standard InChI is InChI=1S/C15H24N2O.2ClH/c1-2-13-6-7-14(18-13)15(12-4-3-5-12)17-10-8-16-9-11-17;;/h6-7,12,15-16H,2-5,8-11H2,1H3;2*1H/t15-;;/m1../s1. The average Bonchev–Trinajstić information content (AvgIpc) is 2.83. The van der Waals surface area contributed by atoms with Crippen molar-refractivity contribution >= 4 is 24.8 Å². The molecule has 1 aromatic rings. The molecule has 3 rings (SSSR count). The molecule has 1 atom stereocenters. The van der Waals surface area contributed by atoms with E-state index >= 15 is 0 Å². The topological polar surface area (TPSA) is 28.4 Å². The molecule has 3 nitrogen and oxygen atoms in total. The van der Waals surface area contributed by atoms with Crippen LogP contribution in [0.3, 0.4) is 0 Å². The zero-order valence-electron chi connectivity index (χ0n) is 12.1. The number of piperazine rings is 1. The van der Waals surface area contributed by atoms with Crippen molar-refractivity contribution in [1.29, 1.82) is 0 Å². The van der Waals surface area contributed by atoms with Gasteiger partial charge in [0, 0.05) is 32.6 Å². The van der Waals surface area contributed by atoms with E-state index in [0.29, 0.717) is 6.04 Å². The maximum atomic E-state index is 6.04. The van der Waals surface area contributed by atoms with Gasteiger partial charge < -0.3 is 9.73 Å². The summed E-state index contributed by atoms with van der Waals surface area (Å²) in [5.74, 6) is 3.15. The summed E-state index contributed by atoms with van der Waals surface area (Å²) in [7, 11) is 0. The fourth-order valence-corrected chi connectivity index (χ4v) is 3.17. The van der Waals surface area contributed by atoms with Gasteiger partial charge in [-0.05, 0) is 30.9 Å². The van der Waals surface area contributed by atoms with E-state index in [4.69, 9.17) is 4.42 Å². The molecule has 2 aliphatic rings. The molecule has 0 bridgehead atoms. The van der Waals surface area contributed by atoms with E-state index in [9.17, 15) is 0 Å². The van der Waals surface area contributed by atoms with Gasteiger partial charge in [0.1, 0.15) is 11.5 Å². The van der Waals surface area contributed by atoms with Gasteiger partial charge in [-0.3, -0.25) is 4.90 Å². The molecule has 2 heterocycles. The largest absolute Gasteiger partial charge is 0.464 e. The van der Waals surface area contributed by atoms with E-state index in [1.807, 2.05) is 0 Å². The van der Waals surface area contributed by atoms with Crippen LogP contribution in [0.2, 0.25) is 0 Å². The molecular formula is C15H26Cl2N2O. The highest BCUT2D eigenvalue weighted by atomic mass is 35.5. The summed E-state index contributed by atoms with van der Waals surface area (Å²) < 4.78 is 6.04. The van der Waals surface area contributed by atoms with Crippen LogP contribution in [0.15, 0.2) is 16.5 Å². The van der Waals surface area contributed by atoms with Gasteiger partial charge in [0.2, 0.25) is 0 Å². The molecule has 1 aromatic heterocycles. The van der Waals surface area contributed by atoms with Crippen LogP contribution in [-0.4, -0.2) is 31.1 Å². The molecule has 5 heteroatoms. The molecule has 116 valence electrons. The van der Waals surface area contributed by atoms with E-state index in [2.05, 4.69) is 29.3 Å². The Morgan fingerprint density at radius 2 is 1.95 bits per heavy atom. The van der Waals surface area contributed by atoms with Crippen molar-refractivity contribution in [3.05, 3.63) is 23.7 Å². The van der Waals surface area contributed by atoms with Gasteiger partial charge in [0.25, 0.3) is 0 Å². The fourth-order valence-electron chi connectivity index (χ4n) is 3.17. The van der Waals surface area contributed by atoms with Gasteiger partial charge in [-0.1, -0.05) is 13.3 Å². The lowest BCUT2D eigenvalue weighted by Gasteiger charge is -2.41. The molecule has 1 saturated heterocycles. The van der Waals surface area contributed by atoms with Gasteiger partial charge in [-0.2, -0.15) is 0 Å². The number of nitrogens with zero attached hydrogens (tertiary/aromatic N) is 1. The minimum atomic E-state index is 0. The first-order chi connectivity index (χ1) is 8.88. The zero-order chi connectivity index (χ0) is 12.4. The van der Waals surface area contributed by atoms with Crippen LogP contribution in [0.25, 0.3) is 0 Å². The quantitative estimate of drug-likeness (QED) is 0.921. The van der Waals surface area contributed by atoms with E-state index in [1.165, 1.54) is 25.0 Å². The second-order valence-electron chi connectivity index (χ2n) is 5.58. The Morgan fingerprint density at radius 3 is 2.45 bits per heavy atom. The van der Waals surface area contributed by atoms with Crippen LogP contribution in [0.1, 0.15) is 43.7 Å². The summed E-state index contributed by atoms with van der Waals surface area (Å²) >= 11 is 0. The number of hydrogen-bond donors (Lipinski definition) is 1. The number of nitrogens with one attached hydrogen (secondary N) is 1. The third-order valence-electron chi connectivity index (χ3n) is 4.46. The van der Waals surface area contributed by atoms with Crippen LogP contribution in [0.5, 0.6) is 0 Å². The lowest BCUT2D eigenvalue weighted by atomic mass is 9.78. The van der Waals surface area contributed by atoms with Crippen molar-refractivity contribution in [3.63, 3.8) is 0 Å². The maximum absolute atomic E-state index is 6.04. The number of furan rings is 1. The molecule has 1 N–H and O–H groups in total. The van der Waals surface area contributed by atoms with Gasteiger partial charge in [-0.15, -0.1) is 24.8 Å². The van der Waals surface area contributed by atoms with Crippen molar-refractivity contribution in [2.24, 2.45) is 5.92 Å². The Kier molecular flexibility index (Phi) is 7.38.